The highest BCUT2D eigenvalue weighted by Crippen LogP contribution is 2.47. The van der Waals surface area contributed by atoms with E-state index >= 15 is 0 Å². The summed E-state index contributed by atoms with van der Waals surface area (Å²) in [5.74, 6) is 0. The molecule has 0 N–H and O–H groups in total. The van der Waals surface area contributed by atoms with E-state index in [0.29, 0.717) is 0 Å². The van der Waals surface area contributed by atoms with Gasteiger partial charge in [0, 0.05) is 53.6 Å². The van der Waals surface area contributed by atoms with Crippen molar-refractivity contribution in [1.82, 2.24) is 0 Å². The van der Waals surface area contributed by atoms with Crippen molar-refractivity contribution in [2.24, 2.45) is 0 Å². The van der Waals surface area contributed by atoms with Gasteiger partial charge >= 0.3 is 0 Å². The average Bonchev–Trinajstić information content (AvgIpc) is 3.63. The molecule has 0 atom stereocenters. The molecule has 9 aromatic rings. The number of nitrogens with zero attached hydrogens (tertiary/aromatic N) is 1. The van der Waals surface area contributed by atoms with Gasteiger partial charge in [-0.2, -0.15) is 0 Å². The zero-order valence-corrected chi connectivity index (χ0v) is 24.0. The molecule has 0 aliphatic carbocycles. The molecule has 0 radical (unpaired) electrons. The molecule has 9 rings (SSSR count). The minimum absolute atomic E-state index is 0.882. The van der Waals surface area contributed by atoms with Crippen LogP contribution in [0, 0.1) is 0 Å². The molecular weight excluding hydrogens is 543 g/mol. The van der Waals surface area contributed by atoms with E-state index in [0.717, 1.165) is 39.0 Å². The Hall–Kier alpha value is -5.38. The van der Waals surface area contributed by atoms with Crippen molar-refractivity contribution in [1.29, 1.82) is 0 Å². The summed E-state index contributed by atoms with van der Waals surface area (Å²) in [6.45, 7) is 0. The first kappa shape index (κ1) is 24.2. The number of para-hydroxylation sites is 2. The van der Waals surface area contributed by atoms with Gasteiger partial charge in [0.15, 0.2) is 0 Å². The van der Waals surface area contributed by atoms with E-state index in [2.05, 4.69) is 144 Å². The highest BCUT2D eigenvalue weighted by molar-refractivity contribution is 7.25. The van der Waals surface area contributed by atoms with Crippen molar-refractivity contribution >= 4 is 81.3 Å². The van der Waals surface area contributed by atoms with Gasteiger partial charge in [-0.25, -0.2) is 0 Å². The van der Waals surface area contributed by atoms with Crippen LogP contribution in [0.3, 0.4) is 0 Å². The summed E-state index contributed by atoms with van der Waals surface area (Å²) in [4.78, 5) is 2.40. The van der Waals surface area contributed by atoms with Crippen molar-refractivity contribution in [2.75, 3.05) is 4.90 Å². The number of rotatable bonds is 4. The summed E-state index contributed by atoms with van der Waals surface area (Å²) in [6.07, 6.45) is 0. The molecule has 2 heterocycles. The Morgan fingerprint density at radius 2 is 1.09 bits per heavy atom. The van der Waals surface area contributed by atoms with Crippen LogP contribution >= 0.6 is 11.3 Å². The molecule has 0 aliphatic heterocycles. The Labute approximate surface area is 252 Å². The average molecular weight is 568 g/mol. The van der Waals surface area contributed by atoms with Gasteiger partial charge in [0.25, 0.3) is 0 Å². The monoisotopic (exact) mass is 567 g/mol. The molecule has 0 unspecified atom stereocenters. The Bertz CT molecular complexity index is 2480. The van der Waals surface area contributed by atoms with Gasteiger partial charge in [-0.15, -0.1) is 11.3 Å². The third-order valence-corrected chi connectivity index (χ3v) is 9.60. The minimum atomic E-state index is 0.882. The maximum Gasteiger partial charge on any atom is 0.137 e. The number of thiophene rings is 1. The lowest BCUT2D eigenvalue weighted by Gasteiger charge is -2.29. The molecule has 0 aliphatic rings. The van der Waals surface area contributed by atoms with Crippen LogP contribution < -0.4 is 4.90 Å². The lowest BCUT2D eigenvalue weighted by Crippen LogP contribution is -2.11. The lowest BCUT2D eigenvalue weighted by molar-refractivity contribution is 0.669. The third-order valence-electron chi connectivity index (χ3n) is 8.47. The molecule has 202 valence electrons. The molecule has 0 amide bonds. The highest BCUT2D eigenvalue weighted by atomic mass is 32.1. The molecule has 43 heavy (non-hydrogen) atoms. The van der Waals surface area contributed by atoms with Crippen LogP contribution in [0.5, 0.6) is 0 Å². The zero-order valence-electron chi connectivity index (χ0n) is 23.2. The van der Waals surface area contributed by atoms with Gasteiger partial charge in [-0.3, -0.25) is 0 Å². The maximum absolute atomic E-state index is 6.39. The Morgan fingerprint density at radius 3 is 2.05 bits per heavy atom. The summed E-state index contributed by atoms with van der Waals surface area (Å²) in [5, 5.41) is 7.27. The normalized spacial score (nSPS) is 11.7. The van der Waals surface area contributed by atoms with Crippen LogP contribution in [0.25, 0.3) is 64.0 Å². The fourth-order valence-electron chi connectivity index (χ4n) is 6.56. The van der Waals surface area contributed by atoms with E-state index < -0.39 is 0 Å². The number of benzene rings is 7. The minimum Gasteiger partial charge on any atom is -0.456 e. The fraction of sp³-hybridized carbons (Fsp3) is 0. The Morgan fingerprint density at radius 1 is 0.442 bits per heavy atom. The van der Waals surface area contributed by atoms with Crippen molar-refractivity contribution in [3.63, 3.8) is 0 Å². The van der Waals surface area contributed by atoms with Gasteiger partial charge in [0.1, 0.15) is 11.2 Å². The Balaban J connectivity index is 1.35. The van der Waals surface area contributed by atoms with Crippen LogP contribution in [-0.2, 0) is 0 Å². The van der Waals surface area contributed by atoms with Crippen molar-refractivity contribution in [3.8, 4) is 11.1 Å². The molecule has 2 nitrogen and oxygen atoms in total. The third kappa shape index (κ3) is 3.79. The van der Waals surface area contributed by atoms with Crippen LogP contribution in [-0.4, -0.2) is 0 Å². The van der Waals surface area contributed by atoms with E-state index in [4.69, 9.17) is 4.42 Å². The van der Waals surface area contributed by atoms with Gasteiger partial charge in [0.05, 0.1) is 11.4 Å². The summed E-state index contributed by atoms with van der Waals surface area (Å²) >= 11 is 1.86. The Kier molecular flexibility index (Phi) is 5.40. The number of hydrogen-bond donors (Lipinski definition) is 0. The van der Waals surface area contributed by atoms with Crippen molar-refractivity contribution in [2.45, 2.75) is 0 Å². The first-order valence-corrected chi connectivity index (χ1v) is 15.3. The second-order valence-corrected chi connectivity index (χ2v) is 12.0. The van der Waals surface area contributed by atoms with Crippen molar-refractivity contribution in [3.05, 3.63) is 152 Å². The van der Waals surface area contributed by atoms with E-state index in [9.17, 15) is 0 Å². The van der Waals surface area contributed by atoms with Gasteiger partial charge in [-0.1, -0.05) is 103 Å². The van der Waals surface area contributed by atoms with Gasteiger partial charge < -0.3 is 9.32 Å². The molecule has 0 saturated carbocycles. The molecule has 0 bridgehead atoms. The van der Waals surface area contributed by atoms with Gasteiger partial charge in [0.2, 0.25) is 0 Å². The molecule has 0 saturated heterocycles. The second-order valence-electron chi connectivity index (χ2n) is 10.9. The van der Waals surface area contributed by atoms with E-state index in [-0.39, 0.29) is 0 Å². The lowest BCUT2D eigenvalue weighted by atomic mass is 9.96. The number of furan rings is 1. The molecule has 7 aromatic carbocycles. The van der Waals surface area contributed by atoms with E-state index in [1.807, 2.05) is 23.5 Å². The summed E-state index contributed by atoms with van der Waals surface area (Å²) in [5.41, 5.74) is 7.52. The predicted octanol–water partition coefficient (Wildman–Crippen LogP) is 12.2. The molecule has 3 heteroatoms. The maximum atomic E-state index is 6.39. The van der Waals surface area contributed by atoms with Crippen LogP contribution in [0.1, 0.15) is 0 Å². The molecule has 0 spiro atoms. The standard InChI is InChI=1S/C40H25NOS/c1-2-13-28-26(11-1)12-9-19-34(28)41(27-23-24-31-30-15-4-7-20-36(30)42-37(31)25-27)35-18-6-3-14-29(35)32-17-10-22-39-40(32)33-16-5-8-21-38(33)43-39/h1-25H. The molecular formula is C40H25NOS. The predicted molar refractivity (Wildman–Crippen MR) is 184 cm³/mol. The second kappa shape index (κ2) is 9.59. The number of hydrogen-bond acceptors (Lipinski definition) is 3. The van der Waals surface area contributed by atoms with E-state index in [1.165, 1.54) is 42.1 Å². The van der Waals surface area contributed by atoms with Gasteiger partial charge in [-0.05, 0) is 53.4 Å². The molecule has 2 aromatic heterocycles. The smallest absolute Gasteiger partial charge is 0.137 e. The fourth-order valence-corrected chi connectivity index (χ4v) is 7.69. The van der Waals surface area contributed by atoms with Crippen LogP contribution in [0.15, 0.2) is 156 Å². The topological polar surface area (TPSA) is 16.4 Å². The van der Waals surface area contributed by atoms with Crippen molar-refractivity contribution < 1.29 is 4.42 Å². The summed E-state index contributed by atoms with van der Waals surface area (Å²) in [6, 6.07) is 54.3. The SMILES string of the molecule is c1ccc(N(c2ccc3c(c2)oc2ccccc23)c2cccc3ccccc23)c(-c2cccc3sc4ccccc4c23)c1. The first-order valence-electron chi connectivity index (χ1n) is 14.5. The molecule has 0 fully saturated rings. The van der Waals surface area contributed by atoms with E-state index in [1.54, 1.807) is 0 Å². The highest BCUT2D eigenvalue weighted by Gasteiger charge is 2.22. The number of anilines is 3. The van der Waals surface area contributed by atoms with Crippen LogP contribution in [0.2, 0.25) is 0 Å². The number of fused-ring (bicyclic) bond motifs is 7. The first-order chi connectivity index (χ1) is 21.3. The summed E-state index contributed by atoms with van der Waals surface area (Å²) < 4.78 is 9.00. The zero-order chi connectivity index (χ0) is 28.3. The van der Waals surface area contributed by atoms with Crippen LogP contribution in [0.4, 0.5) is 17.1 Å². The summed E-state index contributed by atoms with van der Waals surface area (Å²) in [7, 11) is 0. The quantitative estimate of drug-likeness (QED) is 0.210. The largest absolute Gasteiger partial charge is 0.456 e.